The van der Waals surface area contributed by atoms with Gasteiger partial charge in [-0.25, -0.2) is 4.79 Å². The number of hydrogen-bond donors (Lipinski definition) is 0. The van der Waals surface area contributed by atoms with E-state index in [1.165, 1.54) is 12.0 Å². The third kappa shape index (κ3) is 5.37. The Kier molecular flexibility index (Phi) is 5.60. The summed E-state index contributed by atoms with van der Waals surface area (Å²) in [7, 11) is -2.45. The first kappa shape index (κ1) is 19.2. The Morgan fingerprint density at radius 3 is 2.52 bits per heavy atom. The van der Waals surface area contributed by atoms with Crippen LogP contribution in [-0.4, -0.2) is 63.8 Å². The predicted molar refractivity (Wildman–Crippen MR) is 81.1 cm³/mol. The fraction of sp³-hybridized carbons (Fsp3) is 0.769. The molecule has 1 aliphatic rings. The first-order valence-electron chi connectivity index (χ1n) is 6.76. The largest absolute Gasteiger partial charge is 0.444 e. The Hall–Kier alpha value is -1.86. The molecule has 1 atom stereocenters. The number of nitrogens with zero attached hydrogens (tertiary/aromatic N) is 3. The third-order valence-electron chi connectivity index (χ3n) is 2.94. The van der Waals surface area contributed by atoms with Crippen molar-refractivity contribution in [3.63, 3.8) is 0 Å². The smallest absolute Gasteiger partial charge is 0.410 e. The average Bonchev–Trinajstić information content (AvgIpc) is 2.74. The van der Waals surface area contributed by atoms with E-state index >= 15 is 0 Å². The topological polar surface area (TPSA) is 118 Å². The van der Waals surface area contributed by atoms with Crippen LogP contribution in [0, 0.1) is 16.7 Å². The molecule has 1 unspecified atom stereocenters. The summed E-state index contributed by atoms with van der Waals surface area (Å²) in [5.41, 5.74) is -1.90. The summed E-state index contributed by atoms with van der Waals surface area (Å²) in [6.45, 7) is 4.59. The highest BCUT2D eigenvalue weighted by Gasteiger charge is 2.49. The monoisotopic (exact) mass is 347 g/mol. The first-order valence-corrected chi connectivity index (χ1v) is 8.58. The molecule has 0 aliphatic carbocycles. The van der Waals surface area contributed by atoms with Gasteiger partial charge in [-0.2, -0.15) is 13.7 Å². The second-order valence-electron chi connectivity index (χ2n) is 6.22. The number of ether oxygens (including phenoxy) is 1. The van der Waals surface area contributed by atoms with Gasteiger partial charge < -0.3 is 14.5 Å². The van der Waals surface area contributed by atoms with Gasteiger partial charge >= 0.3 is 6.09 Å². The molecule has 1 aliphatic heterocycles. The van der Waals surface area contributed by atoms with E-state index in [4.69, 9.17) is 13.8 Å². The molecule has 10 heteroatoms. The summed E-state index contributed by atoms with van der Waals surface area (Å²) in [6, 6.07) is 1.98. The van der Waals surface area contributed by atoms with E-state index < -0.39 is 33.8 Å². The zero-order chi connectivity index (χ0) is 17.9. The molecular weight excluding hydrogens is 326 g/mol. The van der Waals surface area contributed by atoms with Crippen LogP contribution in [0.5, 0.6) is 0 Å². The maximum atomic E-state index is 12.2. The molecule has 0 aromatic carbocycles. The van der Waals surface area contributed by atoms with Gasteiger partial charge in [0.1, 0.15) is 23.8 Å². The summed E-state index contributed by atoms with van der Waals surface area (Å²) < 4.78 is 32.4. The van der Waals surface area contributed by atoms with Crippen molar-refractivity contribution in [3.8, 4) is 6.07 Å². The van der Waals surface area contributed by atoms with Gasteiger partial charge in [-0.15, -0.1) is 0 Å². The molecule has 1 amide bonds. The molecule has 0 aromatic rings. The lowest BCUT2D eigenvalue weighted by Crippen LogP contribution is -2.38. The summed E-state index contributed by atoms with van der Waals surface area (Å²) in [5, 5.41) is 13.3. The van der Waals surface area contributed by atoms with E-state index in [2.05, 4.69) is 5.16 Å². The quantitative estimate of drug-likeness (QED) is 0.543. The van der Waals surface area contributed by atoms with Gasteiger partial charge in [-0.05, 0) is 20.8 Å². The lowest BCUT2D eigenvalue weighted by Gasteiger charge is -2.25. The van der Waals surface area contributed by atoms with Crippen LogP contribution < -0.4 is 0 Å². The third-order valence-corrected chi connectivity index (χ3v) is 3.49. The van der Waals surface area contributed by atoms with Crippen LogP contribution in [0.15, 0.2) is 5.16 Å². The summed E-state index contributed by atoms with van der Waals surface area (Å²) in [5.74, 6) is 0. The second kappa shape index (κ2) is 6.72. The summed E-state index contributed by atoms with van der Waals surface area (Å²) in [4.78, 5) is 18.1. The fourth-order valence-corrected chi connectivity index (χ4v) is 2.37. The molecule has 0 saturated carbocycles. The van der Waals surface area contributed by atoms with Crippen molar-refractivity contribution in [2.24, 2.45) is 10.6 Å². The standard InChI is InChI=1S/C13H21N3O6S/c1-12(2,3)22-11(17)16-6-10(15-20-4)13(7-14,8-16)9-21-23(5,18)19/h6,8-9H2,1-5H3/b15-10-. The van der Waals surface area contributed by atoms with Gasteiger partial charge in [0.25, 0.3) is 10.1 Å². The highest BCUT2D eigenvalue weighted by Crippen LogP contribution is 2.30. The first-order chi connectivity index (χ1) is 10.4. The number of oxime groups is 1. The molecule has 9 nitrogen and oxygen atoms in total. The highest BCUT2D eigenvalue weighted by molar-refractivity contribution is 7.85. The molecule has 0 spiro atoms. The zero-order valence-electron chi connectivity index (χ0n) is 13.8. The number of nitriles is 1. The summed E-state index contributed by atoms with van der Waals surface area (Å²) >= 11 is 0. The molecule has 0 radical (unpaired) electrons. The highest BCUT2D eigenvalue weighted by atomic mass is 32.2. The number of rotatable bonds is 4. The van der Waals surface area contributed by atoms with Crippen molar-refractivity contribution < 1.29 is 27.0 Å². The average molecular weight is 347 g/mol. The van der Waals surface area contributed by atoms with Crippen molar-refractivity contribution >= 4 is 21.9 Å². The van der Waals surface area contributed by atoms with Crippen LogP contribution in [0.2, 0.25) is 0 Å². The number of carbonyl (C=O) groups excluding carboxylic acids is 1. The molecular formula is C13H21N3O6S. The van der Waals surface area contributed by atoms with E-state index in [0.717, 1.165) is 6.26 Å². The predicted octanol–water partition coefficient (Wildman–Crippen LogP) is 0.726. The lowest BCUT2D eigenvalue weighted by molar-refractivity contribution is 0.0276. The molecule has 1 heterocycles. The number of carbonyl (C=O) groups is 1. The normalized spacial score (nSPS) is 23.7. The summed E-state index contributed by atoms with van der Waals surface area (Å²) in [6.07, 6.45) is 0.254. The fourth-order valence-electron chi connectivity index (χ4n) is 1.96. The van der Waals surface area contributed by atoms with E-state index in [0.29, 0.717) is 0 Å². The van der Waals surface area contributed by atoms with E-state index in [1.54, 1.807) is 20.8 Å². The molecule has 1 rings (SSSR count). The Morgan fingerprint density at radius 2 is 2.09 bits per heavy atom. The second-order valence-corrected chi connectivity index (χ2v) is 7.86. The lowest BCUT2D eigenvalue weighted by atomic mass is 9.88. The maximum Gasteiger partial charge on any atom is 0.410 e. The molecule has 130 valence electrons. The Labute approximate surface area is 135 Å². The molecule has 1 saturated heterocycles. The number of likely N-dealkylation sites (tertiary alicyclic amines) is 1. The van der Waals surface area contributed by atoms with Crippen LogP contribution in [0.4, 0.5) is 4.79 Å². The maximum absolute atomic E-state index is 12.2. The molecule has 0 aromatic heterocycles. The van der Waals surface area contributed by atoms with Gasteiger partial charge in [0.15, 0.2) is 0 Å². The van der Waals surface area contributed by atoms with Crippen LogP contribution in [0.25, 0.3) is 0 Å². The van der Waals surface area contributed by atoms with Crippen molar-refractivity contribution in [1.29, 1.82) is 5.26 Å². The number of hydrogen-bond acceptors (Lipinski definition) is 8. The van der Waals surface area contributed by atoms with E-state index in [1.807, 2.05) is 6.07 Å². The van der Waals surface area contributed by atoms with Crippen molar-refractivity contribution in [1.82, 2.24) is 4.90 Å². The van der Waals surface area contributed by atoms with Crippen molar-refractivity contribution in [2.45, 2.75) is 26.4 Å². The zero-order valence-corrected chi connectivity index (χ0v) is 14.6. The van der Waals surface area contributed by atoms with E-state index in [-0.39, 0.29) is 18.8 Å². The Balaban J connectivity index is 3.03. The Morgan fingerprint density at radius 1 is 1.48 bits per heavy atom. The molecule has 23 heavy (non-hydrogen) atoms. The molecule has 1 fully saturated rings. The van der Waals surface area contributed by atoms with Crippen LogP contribution >= 0.6 is 0 Å². The van der Waals surface area contributed by atoms with Crippen molar-refractivity contribution in [3.05, 3.63) is 0 Å². The van der Waals surface area contributed by atoms with Gasteiger partial charge in [0.05, 0.1) is 32.0 Å². The SMILES string of the molecule is CO/N=C1/CN(C(=O)OC(C)(C)C)CC1(C#N)COS(C)(=O)=O. The van der Waals surface area contributed by atoms with Gasteiger partial charge in [0, 0.05) is 0 Å². The van der Waals surface area contributed by atoms with Crippen molar-refractivity contribution in [2.75, 3.05) is 33.1 Å². The van der Waals surface area contributed by atoms with E-state index in [9.17, 15) is 18.5 Å². The Bertz CT molecular complexity index is 631. The van der Waals surface area contributed by atoms with Crippen LogP contribution in [0.1, 0.15) is 20.8 Å². The minimum Gasteiger partial charge on any atom is -0.444 e. The number of amides is 1. The minimum absolute atomic E-state index is 0.0105. The molecule has 0 bridgehead atoms. The van der Waals surface area contributed by atoms with Gasteiger partial charge in [-0.3, -0.25) is 4.18 Å². The minimum atomic E-state index is -3.75. The van der Waals surface area contributed by atoms with Gasteiger partial charge in [0.2, 0.25) is 0 Å². The molecule has 0 N–H and O–H groups in total. The van der Waals surface area contributed by atoms with Crippen LogP contribution in [0.3, 0.4) is 0 Å². The van der Waals surface area contributed by atoms with Crippen LogP contribution in [-0.2, 0) is 23.9 Å². The van der Waals surface area contributed by atoms with Gasteiger partial charge in [-0.1, -0.05) is 5.16 Å².